The first-order valence-corrected chi connectivity index (χ1v) is 5.51. The van der Waals surface area contributed by atoms with Crippen molar-refractivity contribution >= 4 is 17.0 Å². The number of ether oxygens (including phenoxy) is 1. The highest BCUT2D eigenvalue weighted by Gasteiger charge is 2.41. The van der Waals surface area contributed by atoms with Crippen molar-refractivity contribution in [1.29, 1.82) is 0 Å². The maximum Gasteiger partial charge on any atom is 0.208 e. The maximum absolute atomic E-state index is 13.1. The zero-order valence-electron chi connectivity index (χ0n) is 10.1. The third-order valence-corrected chi connectivity index (χ3v) is 3.01. The first-order valence-electron chi connectivity index (χ1n) is 5.51. The zero-order valence-corrected chi connectivity index (χ0v) is 11.8. The number of aliphatic hydroxyl groups is 1. The van der Waals surface area contributed by atoms with E-state index in [0.717, 1.165) is 12.1 Å². The highest BCUT2D eigenvalue weighted by molar-refractivity contribution is 8.93. The van der Waals surface area contributed by atoms with Gasteiger partial charge in [-0.25, -0.2) is 8.78 Å². The van der Waals surface area contributed by atoms with Gasteiger partial charge < -0.3 is 15.2 Å². The molecule has 1 aliphatic heterocycles. The van der Waals surface area contributed by atoms with Crippen LogP contribution in [0.3, 0.4) is 0 Å². The van der Waals surface area contributed by atoms with Crippen molar-refractivity contribution in [2.75, 3.05) is 6.61 Å². The van der Waals surface area contributed by atoms with Crippen molar-refractivity contribution in [3.8, 4) is 0 Å². The molecule has 1 heterocycles. The summed E-state index contributed by atoms with van der Waals surface area (Å²) >= 11 is 0. The van der Waals surface area contributed by atoms with Crippen LogP contribution in [0.2, 0.25) is 0 Å². The molecule has 0 aromatic heterocycles. The molecule has 0 bridgehead atoms. The van der Waals surface area contributed by atoms with Crippen molar-refractivity contribution in [2.24, 2.45) is 0 Å². The Balaban J connectivity index is 0.00000162. The van der Waals surface area contributed by atoms with E-state index in [9.17, 15) is 13.9 Å². The van der Waals surface area contributed by atoms with Crippen molar-refractivity contribution in [2.45, 2.75) is 31.7 Å². The molecule has 0 radical (unpaired) electrons. The highest BCUT2D eigenvalue weighted by Crippen LogP contribution is 2.30. The Morgan fingerprint density at radius 2 is 2.00 bits per heavy atom. The van der Waals surface area contributed by atoms with E-state index >= 15 is 0 Å². The van der Waals surface area contributed by atoms with Gasteiger partial charge in [0, 0.05) is 11.6 Å². The number of benzene rings is 1. The lowest BCUT2D eigenvalue weighted by Gasteiger charge is -2.41. The van der Waals surface area contributed by atoms with Gasteiger partial charge in [0.1, 0.15) is 0 Å². The van der Waals surface area contributed by atoms with Gasteiger partial charge in [0.2, 0.25) is 5.79 Å². The Kier molecular flexibility index (Phi) is 4.83. The molecule has 0 saturated carbocycles. The minimum absolute atomic E-state index is 0. The molecule has 102 valence electrons. The van der Waals surface area contributed by atoms with Gasteiger partial charge in [0.25, 0.3) is 0 Å². The van der Waals surface area contributed by atoms with Gasteiger partial charge in [0.05, 0.1) is 12.6 Å². The van der Waals surface area contributed by atoms with Gasteiger partial charge in [-0.2, -0.15) is 0 Å². The molecule has 1 aliphatic rings. The summed E-state index contributed by atoms with van der Waals surface area (Å²) in [6.07, 6.45) is 0. The Bertz CT molecular complexity index is 433. The van der Waals surface area contributed by atoms with Crippen LogP contribution in [-0.4, -0.2) is 23.8 Å². The smallest absolute Gasteiger partial charge is 0.208 e. The number of hydrogen-bond acceptors (Lipinski definition) is 3. The van der Waals surface area contributed by atoms with E-state index in [4.69, 9.17) is 4.74 Å². The largest absolute Gasteiger partial charge is 0.361 e. The standard InChI is InChI=1S/C12H15F2NO2.BrH/c1-7-6-17-12(16,8(2)15-7)9-3-4-10(13)11(14)5-9;/h3-5,7-8,15-16H,6H2,1-2H3;1H. The Labute approximate surface area is 115 Å². The number of rotatable bonds is 1. The molecule has 3 atom stereocenters. The Morgan fingerprint density at radius 1 is 1.33 bits per heavy atom. The van der Waals surface area contributed by atoms with E-state index < -0.39 is 23.5 Å². The summed E-state index contributed by atoms with van der Waals surface area (Å²) in [6.45, 7) is 3.96. The van der Waals surface area contributed by atoms with Crippen LogP contribution in [0.25, 0.3) is 0 Å². The number of morpholine rings is 1. The molecular formula is C12H16BrF2NO2. The summed E-state index contributed by atoms with van der Waals surface area (Å²) in [7, 11) is 0. The summed E-state index contributed by atoms with van der Waals surface area (Å²) in [5.74, 6) is -3.56. The summed E-state index contributed by atoms with van der Waals surface area (Å²) in [6, 6.07) is 2.97. The van der Waals surface area contributed by atoms with Crippen LogP contribution < -0.4 is 5.32 Å². The molecule has 3 unspecified atom stereocenters. The fourth-order valence-corrected chi connectivity index (χ4v) is 2.02. The molecule has 1 aromatic rings. The molecule has 0 spiro atoms. The second kappa shape index (κ2) is 5.61. The van der Waals surface area contributed by atoms with Crippen LogP contribution >= 0.6 is 17.0 Å². The molecule has 18 heavy (non-hydrogen) atoms. The Hall–Kier alpha value is -0.560. The highest BCUT2D eigenvalue weighted by atomic mass is 79.9. The van der Waals surface area contributed by atoms with E-state index in [1.165, 1.54) is 6.07 Å². The first kappa shape index (κ1) is 15.5. The molecule has 0 amide bonds. The molecule has 6 heteroatoms. The normalized spacial score (nSPS) is 31.8. The first-order chi connectivity index (χ1) is 7.93. The summed E-state index contributed by atoms with van der Waals surface area (Å²) in [5.41, 5.74) is 0.211. The van der Waals surface area contributed by atoms with E-state index in [2.05, 4.69) is 5.32 Å². The molecule has 2 N–H and O–H groups in total. The van der Waals surface area contributed by atoms with E-state index in [-0.39, 0.29) is 28.6 Å². The van der Waals surface area contributed by atoms with E-state index in [1.54, 1.807) is 6.92 Å². The van der Waals surface area contributed by atoms with Gasteiger partial charge >= 0.3 is 0 Å². The minimum Gasteiger partial charge on any atom is -0.361 e. The molecule has 0 aliphatic carbocycles. The molecule has 1 saturated heterocycles. The van der Waals surface area contributed by atoms with Crippen molar-refractivity contribution < 1.29 is 18.6 Å². The van der Waals surface area contributed by atoms with Crippen LogP contribution in [0, 0.1) is 11.6 Å². The zero-order chi connectivity index (χ0) is 12.6. The van der Waals surface area contributed by atoms with E-state index in [1.807, 2.05) is 6.92 Å². The lowest BCUT2D eigenvalue weighted by Crippen LogP contribution is -2.58. The van der Waals surface area contributed by atoms with Gasteiger partial charge in [0.15, 0.2) is 11.6 Å². The molecule has 3 nitrogen and oxygen atoms in total. The Morgan fingerprint density at radius 3 is 2.56 bits per heavy atom. The monoisotopic (exact) mass is 323 g/mol. The van der Waals surface area contributed by atoms with Gasteiger partial charge in [-0.05, 0) is 26.0 Å². The third-order valence-electron chi connectivity index (χ3n) is 3.01. The summed E-state index contributed by atoms with van der Waals surface area (Å²) in [5, 5.41) is 13.5. The van der Waals surface area contributed by atoms with Crippen LogP contribution in [-0.2, 0) is 10.5 Å². The van der Waals surface area contributed by atoms with E-state index in [0.29, 0.717) is 6.61 Å². The maximum atomic E-state index is 13.1. The number of hydrogen-bond donors (Lipinski definition) is 2. The minimum atomic E-state index is -1.62. The lowest BCUT2D eigenvalue weighted by atomic mass is 9.96. The fraction of sp³-hybridized carbons (Fsp3) is 0.500. The van der Waals surface area contributed by atoms with Gasteiger partial charge in [-0.1, -0.05) is 6.07 Å². The number of nitrogens with one attached hydrogen (secondary N) is 1. The van der Waals surface area contributed by atoms with Crippen LogP contribution in [0.1, 0.15) is 19.4 Å². The van der Waals surface area contributed by atoms with Crippen LogP contribution in [0.15, 0.2) is 18.2 Å². The van der Waals surface area contributed by atoms with Crippen LogP contribution in [0.5, 0.6) is 0 Å². The average Bonchev–Trinajstić information content (AvgIpc) is 2.28. The molecule has 2 rings (SSSR count). The second-order valence-corrected chi connectivity index (χ2v) is 4.43. The number of halogens is 3. The van der Waals surface area contributed by atoms with Crippen molar-refractivity contribution in [1.82, 2.24) is 5.32 Å². The predicted octanol–water partition coefficient (Wildman–Crippen LogP) is 2.08. The van der Waals surface area contributed by atoms with Gasteiger partial charge in [-0.3, -0.25) is 0 Å². The van der Waals surface area contributed by atoms with Crippen molar-refractivity contribution in [3.05, 3.63) is 35.4 Å². The predicted molar refractivity (Wildman–Crippen MR) is 68.6 cm³/mol. The second-order valence-electron chi connectivity index (χ2n) is 4.43. The fourth-order valence-electron chi connectivity index (χ4n) is 2.02. The average molecular weight is 324 g/mol. The molecule has 1 aromatic carbocycles. The lowest BCUT2D eigenvalue weighted by molar-refractivity contribution is -0.252. The SMILES string of the molecule is Br.CC1COC(O)(c2ccc(F)c(F)c2)C(C)N1. The van der Waals surface area contributed by atoms with Crippen LogP contribution in [0.4, 0.5) is 8.78 Å². The summed E-state index contributed by atoms with van der Waals surface area (Å²) < 4.78 is 31.4. The van der Waals surface area contributed by atoms with Gasteiger partial charge in [-0.15, -0.1) is 17.0 Å². The van der Waals surface area contributed by atoms with Crippen molar-refractivity contribution in [3.63, 3.8) is 0 Å². The molecular weight excluding hydrogens is 308 g/mol. The summed E-state index contributed by atoms with van der Waals surface area (Å²) in [4.78, 5) is 0. The topological polar surface area (TPSA) is 41.5 Å². The molecule has 1 fully saturated rings. The third kappa shape index (κ3) is 2.71. The quantitative estimate of drug-likeness (QED) is 0.831.